The van der Waals surface area contributed by atoms with Crippen molar-refractivity contribution in [1.82, 2.24) is 19.8 Å². The number of aryl methyl sites for hydroxylation is 1. The molecule has 138 valence electrons. The van der Waals surface area contributed by atoms with Crippen LogP contribution in [0.3, 0.4) is 0 Å². The maximum atomic E-state index is 12.8. The van der Waals surface area contributed by atoms with Crippen LogP contribution in [0.5, 0.6) is 0 Å². The molecule has 7 heteroatoms. The van der Waals surface area contributed by atoms with E-state index in [0.717, 1.165) is 22.8 Å². The van der Waals surface area contributed by atoms with Gasteiger partial charge in [-0.25, -0.2) is 4.98 Å². The Labute approximate surface area is 157 Å². The van der Waals surface area contributed by atoms with Gasteiger partial charge in [0, 0.05) is 50.4 Å². The van der Waals surface area contributed by atoms with Crippen molar-refractivity contribution in [2.45, 2.75) is 26.7 Å². The van der Waals surface area contributed by atoms with Crippen molar-refractivity contribution in [2.24, 2.45) is 5.92 Å². The third-order valence-electron chi connectivity index (χ3n) is 4.62. The number of hydrogen-bond acceptors (Lipinski definition) is 5. The van der Waals surface area contributed by atoms with Crippen LogP contribution in [0, 0.1) is 12.8 Å². The van der Waals surface area contributed by atoms with E-state index in [1.54, 1.807) is 24.5 Å². The minimum absolute atomic E-state index is 0.0560. The third-order valence-corrected chi connectivity index (χ3v) is 5.44. The van der Waals surface area contributed by atoms with E-state index in [4.69, 9.17) is 0 Å². The van der Waals surface area contributed by atoms with Gasteiger partial charge in [-0.3, -0.25) is 14.6 Å². The first-order valence-electron chi connectivity index (χ1n) is 8.85. The number of amides is 2. The summed E-state index contributed by atoms with van der Waals surface area (Å²) in [5.74, 6) is 0.310. The molecule has 2 amide bonds. The van der Waals surface area contributed by atoms with Crippen LogP contribution in [-0.2, 0) is 22.4 Å². The SMILES string of the molecule is CC(=O)N1CCN(C(=O)Cc2csc(C)n2)C[C@@H](Cc2ccccn2)C1. The van der Waals surface area contributed by atoms with Crippen molar-refractivity contribution in [1.29, 1.82) is 0 Å². The number of aromatic nitrogens is 2. The maximum absolute atomic E-state index is 12.8. The molecule has 0 aliphatic carbocycles. The zero-order valence-corrected chi connectivity index (χ0v) is 16.0. The molecule has 0 saturated carbocycles. The lowest BCUT2D eigenvalue weighted by atomic mass is 10.0. The van der Waals surface area contributed by atoms with Crippen LogP contribution in [0.15, 0.2) is 29.8 Å². The van der Waals surface area contributed by atoms with Gasteiger partial charge in [-0.05, 0) is 31.4 Å². The Morgan fingerprint density at radius 1 is 1.19 bits per heavy atom. The molecule has 2 aromatic heterocycles. The number of pyridine rings is 1. The molecule has 0 bridgehead atoms. The lowest BCUT2D eigenvalue weighted by Crippen LogP contribution is -2.37. The molecule has 1 saturated heterocycles. The van der Waals surface area contributed by atoms with Crippen molar-refractivity contribution < 1.29 is 9.59 Å². The molecule has 1 aliphatic heterocycles. The highest BCUT2D eigenvalue weighted by Crippen LogP contribution is 2.16. The van der Waals surface area contributed by atoms with Gasteiger partial charge in [-0.1, -0.05) is 6.07 Å². The number of hydrogen-bond donors (Lipinski definition) is 0. The molecule has 2 aromatic rings. The zero-order chi connectivity index (χ0) is 18.5. The lowest BCUT2D eigenvalue weighted by Gasteiger charge is -2.24. The molecule has 6 nitrogen and oxygen atoms in total. The van der Waals surface area contributed by atoms with Crippen molar-refractivity contribution in [2.75, 3.05) is 26.2 Å². The molecule has 26 heavy (non-hydrogen) atoms. The molecular formula is C19H24N4O2S. The van der Waals surface area contributed by atoms with Crippen molar-refractivity contribution in [3.8, 4) is 0 Å². The van der Waals surface area contributed by atoms with E-state index in [0.29, 0.717) is 32.6 Å². The van der Waals surface area contributed by atoms with Crippen LogP contribution in [0.1, 0.15) is 23.3 Å². The Kier molecular flexibility index (Phi) is 5.98. The van der Waals surface area contributed by atoms with Crippen molar-refractivity contribution in [3.63, 3.8) is 0 Å². The number of carbonyl (C=O) groups excluding carboxylic acids is 2. The highest BCUT2D eigenvalue weighted by molar-refractivity contribution is 7.09. The molecule has 0 radical (unpaired) electrons. The molecule has 0 unspecified atom stereocenters. The highest BCUT2D eigenvalue weighted by atomic mass is 32.1. The van der Waals surface area contributed by atoms with Gasteiger partial charge in [0.25, 0.3) is 0 Å². The fraction of sp³-hybridized carbons (Fsp3) is 0.474. The summed E-state index contributed by atoms with van der Waals surface area (Å²) in [5.41, 5.74) is 1.82. The van der Waals surface area contributed by atoms with Gasteiger partial charge in [-0.2, -0.15) is 0 Å². The normalized spacial score (nSPS) is 17.8. The quantitative estimate of drug-likeness (QED) is 0.823. The standard InChI is InChI=1S/C19H24N4O2S/c1-14-21-18(13-26-14)10-19(25)23-8-7-22(15(2)24)11-16(12-23)9-17-5-3-4-6-20-17/h3-6,13,16H,7-12H2,1-2H3/t16-/m0/s1. The molecule has 1 fully saturated rings. The van der Waals surface area contributed by atoms with Gasteiger partial charge in [0.05, 0.1) is 17.1 Å². The molecule has 0 aromatic carbocycles. The highest BCUT2D eigenvalue weighted by Gasteiger charge is 2.27. The van der Waals surface area contributed by atoms with Gasteiger partial charge in [0.2, 0.25) is 11.8 Å². The first kappa shape index (κ1) is 18.5. The second kappa shape index (κ2) is 8.40. The smallest absolute Gasteiger partial charge is 0.228 e. The van der Waals surface area contributed by atoms with Crippen molar-refractivity contribution >= 4 is 23.2 Å². The van der Waals surface area contributed by atoms with E-state index in [-0.39, 0.29) is 17.7 Å². The van der Waals surface area contributed by atoms with Gasteiger partial charge >= 0.3 is 0 Å². The van der Waals surface area contributed by atoms with Crippen LogP contribution < -0.4 is 0 Å². The summed E-state index contributed by atoms with van der Waals surface area (Å²) in [5, 5.41) is 2.91. The Morgan fingerprint density at radius 3 is 2.62 bits per heavy atom. The van der Waals surface area contributed by atoms with E-state index in [9.17, 15) is 9.59 Å². The van der Waals surface area contributed by atoms with Gasteiger partial charge in [0.15, 0.2) is 0 Å². The first-order chi connectivity index (χ1) is 12.5. The molecule has 1 aliphatic rings. The third kappa shape index (κ3) is 4.88. The predicted molar refractivity (Wildman–Crippen MR) is 101 cm³/mol. The molecular weight excluding hydrogens is 348 g/mol. The number of rotatable bonds is 4. The molecule has 1 atom stereocenters. The van der Waals surface area contributed by atoms with Gasteiger partial charge < -0.3 is 9.80 Å². The van der Waals surface area contributed by atoms with Gasteiger partial charge in [-0.15, -0.1) is 11.3 Å². The van der Waals surface area contributed by atoms with Crippen LogP contribution in [0.25, 0.3) is 0 Å². The molecule has 0 spiro atoms. The second-order valence-electron chi connectivity index (χ2n) is 6.73. The Bertz CT molecular complexity index is 762. The largest absolute Gasteiger partial charge is 0.341 e. The lowest BCUT2D eigenvalue weighted by molar-refractivity contribution is -0.132. The maximum Gasteiger partial charge on any atom is 0.228 e. The van der Waals surface area contributed by atoms with E-state index >= 15 is 0 Å². The summed E-state index contributed by atoms with van der Waals surface area (Å²) >= 11 is 1.56. The van der Waals surface area contributed by atoms with E-state index in [2.05, 4.69) is 9.97 Å². The van der Waals surface area contributed by atoms with E-state index in [1.165, 1.54) is 0 Å². The predicted octanol–water partition coefficient (Wildman–Crippen LogP) is 1.94. The van der Waals surface area contributed by atoms with Crippen LogP contribution in [0.4, 0.5) is 0 Å². The number of nitrogens with zero attached hydrogens (tertiary/aromatic N) is 4. The van der Waals surface area contributed by atoms with E-state index in [1.807, 2.05) is 40.3 Å². The van der Waals surface area contributed by atoms with Crippen LogP contribution in [0.2, 0.25) is 0 Å². The average Bonchev–Trinajstić information content (AvgIpc) is 2.90. The molecule has 0 N–H and O–H groups in total. The number of thiazole rings is 1. The zero-order valence-electron chi connectivity index (χ0n) is 15.2. The Balaban J connectivity index is 1.71. The minimum atomic E-state index is 0.0560. The van der Waals surface area contributed by atoms with Crippen molar-refractivity contribution in [3.05, 3.63) is 46.2 Å². The fourth-order valence-corrected chi connectivity index (χ4v) is 3.93. The molecule has 3 heterocycles. The summed E-state index contributed by atoms with van der Waals surface area (Å²) in [7, 11) is 0. The first-order valence-corrected chi connectivity index (χ1v) is 9.73. The Hall–Kier alpha value is -2.28. The summed E-state index contributed by atoms with van der Waals surface area (Å²) < 4.78 is 0. The van der Waals surface area contributed by atoms with Crippen LogP contribution in [-0.4, -0.2) is 57.8 Å². The summed E-state index contributed by atoms with van der Waals surface area (Å²) in [6.07, 6.45) is 2.85. The molecule has 3 rings (SSSR count). The average molecular weight is 372 g/mol. The summed E-state index contributed by atoms with van der Waals surface area (Å²) in [4.78, 5) is 37.2. The van der Waals surface area contributed by atoms with Gasteiger partial charge in [0.1, 0.15) is 0 Å². The van der Waals surface area contributed by atoms with Crippen LogP contribution >= 0.6 is 11.3 Å². The summed E-state index contributed by atoms with van der Waals surface area (Å²) in [6, 6.07) is 5.85. The fourth-order valence-electron chi connectivity index (χ4n) is 3.32. The minimum Gasteiger partial charge on any atom is -0.341 e. The Morgan fingerprint density at radius 2 is 1.96 bits per heavy atom. The van der Waals surface area contributed by atoms with E-state index < -0.39 is 0 Å². The monoisotopic (exact) mass is 372 g/mol. The topological polar surface area (TPSA) is 66.4 Å². The second-order valence-corrected chi connectivity index (χ2v) is 7.79. The summed E-state index contributed by atoms with van der Waals surface area (Å²) in [6.45, 7) is 5.98. The number of carbonyl (C=O) groups is 2.